The average molecular weight is 314 g/mol. The Hall–Kier alpha value is -1.44. The summed E-state index contributed by atoms with van der Waals surface area (Å²) in [5.41, 5.74) is 6.35. The number of thioether (sulfide) groups is 1. The molecule has 106 valence electrons. The highest BCUT2D eigenvalue weighted by atomic mass is 32.2. The molecule has 2 rings (SSSR count). The third-order valence-electron chi connectivity index (χ3n) is 2.48. The molecule has 1 amide bonds. The topological polar surface area (TPSA) is 55.1 Å². The van der Waals surface area contributed by atoms with Gasteiger partial charge in [-0.2, -0.15) is 8.78 Å². The Bertz CT molecular complexity index is 558. The van der Waals surface area contributed by atoms with E-state index in [0.29, 0.717) is 22.3 Å². The van der Waals surface area contributed by atoms with Crippen molar-refractivity contribution in [3.63, 3.8) is 0 Å². The van der Waals surface area contributed by atoms with E-state index in [1.165, 1.54) is 23.5 Å². The van der Waals surface area contributed by atoms with Crippen LogP contribution in [0.25, 0.3) is 0 Å². The van der Waals surface area contributed by atoms with Gasteiger partial charge >= 0.3 is 0 Å². The number of rotatable bonds is 5. The van der Waals surface area contributed by atoms with Crippen LogP contribution in [-0.4, -0.2) is 11.7 Å². The van der Waals surface area contributed by atoms with Crippen molar-refractivity contribution in [1.82, 2.24) is 0 Å². The van der Waals surface area contributed by atoms with Gasteiger partial charge in [0.05, 0.1) is 0 Å². The summed E-state index contributed by atoms with van der Waals surface area (Å²) in [7, 11) is 0. The maximum absolute atomic E-state index is 12.2. The standard InChI is InChI=1S/C13H12F2N2OS2/c14-13(15)20-9-5-3-8(4-6-9)17-12(18)11(16)10-2-1-7-19-10/h1-7,11,13H,16H2,(H,17,18). The summed E-state index contributed by atoms with van der Waals surface area (Å²) in [5.74, 6) is -2.79. The van der Waals surface area contributed by atoms with E-state index in [2.05, 4.69) is 5.32 Å². The number of carbonyl (C=O) groups is 1. The second-order valence-corrected chi connectivity index (χ2v) is 5.93. The molecule has 7 heteroatoms. The summed E-state index contributed by atoms with van der Waals surface area (Å²) < 4.78 is 24.3. The van der Waals surface area contributed by atoms with Gasteiger partial charge in [0, 0.05) is 15.5 Å². The Morgan fingerprint density at radius 1 is 1.25 bits per heavy atom. The summed E-state index contributed by atoms with van der Waals surface area (Å²) in [5, 5.41) is 4.50. The first-order chi connectivity index (χ1) is 9.56. The smallest absolute Gasteiger partial charge is 0.288 e. The van der Waals surface area contributed by atoms with Crippen LogP contribution in [0.2, 0.25) is 0 Å². The van der Waals surface area contributed by atoms with Crippen LogP contribution in [0.15, 0.2) is 46.7 Å². The molecule has 1 unspecified atom stereocenters. The zero-order valence-electron chi connectivity index (χ0n) is 10.3. The maximum Gasteiger partial charge on any atom is 0.288 e. The summed E-state index contributed by atoms with van der Waals surface area (Å²) in [6.07, 6.45) is 0. The number of alkyl halides is 2. The van der Waals surface area contributed by atoms with E-state index < -0.39 is 11.8 Å². The molecule has 0 aliphatic rings. The number of halogens is 2. The highest BCUT2D eigenvalue weighted by molar-refractivity contribution is 7.99. The first kappa shape index (κ1) is 15.0. The number of nitrogens with two attached hydrogens (primary N) is 1. The van der Waals surface area contributed by atoms with Crippen molar-refractivity contribution in [2.24, 2.45) is 5.73 Å². The van der Waals surface area contributed by atoms with E-state index in [9.17, 15) is 13.6 Å². The second kappa shape index (κ2) is 6.83. The molecule has 3 N–H and O–H groups in total. The number of carbonyl (C=O) groups excluding carboxylic acids is 1. The Balaban J connectivity index is 1.97. The molecule has 1 atom stereocenters. The predicted molar refractivity (Wildman–Crippen MR) is 78.2 cm³/mol. The van der Waals surface area contributed by atoms with Crippen molar-refractivity contribution < 1.29 is 13.6 Å². The quantitative estimate of drug-likeness (QED) is 0.827. The van der Waals surface area contributed by atoms with E-state index in [1.807, 2.05) is 11.4 Å². The van der Waals surface area contributed by atoms with Gasteiger partial charge in [0.2, 0.25) is 5.91 Å². The van der Waals surface area contributed by atoms with Crippen molar-refractivity contribution in [3.8, 4) is 0 Å². The lowest BCUT2D eigenvalue weighted by Crippen LogP contribution is -2.26. The van der Waals surface area contributed by atoms with Crippen LogP contribution in [0.5, 0.6) is 0 Å². The molecule has 0 aliphatic heterocycles. The molecule has 0 saturated carbocycles. The van der Waals surface area contributed by atoms with Crippen LogP contribution >= 0.6 is 23.1 Å². The molecular formula is C13H12F2N2OS2. The van der Waals surface area contributed by atoms with Crippen LogP contribution < -0.4 is 11.1 Å². The van der Waals surface area contributed by atoms with Gasteiger partial charge in [-0.1, -0.05) is 17.8 Å². The monoisotopic (exact) mass is 314 g/mol. The lowest BCUT2D eigenvalue weighted by Gasteiger charge is -2.11. The van der Waals surface area contributed by atoms with Crippen molar-refractivity contribution in [2.45, 2.75) is 16.7 Å². The highest BCUT2D eigenvalue weighted by Gasteiger charge is 2.16. The Morgan fingerprint density at radius 3 is 2.50 bits per heavy atom. The van der Waals surface area contributed by atoms with E-state index >= 15 is 0 Å². The van der Waals surface area contributed by atoms with Gasteiger partial charge in [-0.25, -0.2) is 0 Å². The first-order valence-electron chi connectivity index (χ1n) is 5.71. The summed E-state index contributed by atoms with van der Waals surface area (Å²) in [6.45, 7) is 0. The number of thiophene rings is 1. The van der Waals surface area contributed by atoms with Crippen molar-refractivity contribution >= 4 is 34.7 Å². The number of benzene rings is 1. The Kier molecular flexibility index (Phi) is 5.11. The molecule has 1 aromatic heterocycles. The molecule has 0 radical (unpaired) electrons. The fourth-order valence-electron chi connectivity index (χ4n) is 1.54. The highest BCUT2D eigenvalue weighted by Crippen LogP contribution is 2.26. The molecule has 0 aliphatic carbocycles. The zero-order valence-corrected chi connectivity index (χ0v) is 11.9. The number of hydrogen-bond acceptors (Lipinski definition) is 4. The Labute approximate surface area is 123 Å². The summed E-state index contributed by atoms with van der Waals surface area (Å²) in [4.78, 5) is 13.1. The first-order valence-corrected chi connectivity index (χ1v) is 7.47. The lowest BCUT2D eigenvalue weighted by atomic mass is 10.2. The number of nitrogens with one attached hydrogen (secondary N) is 1. The van der Waals surface area contributed by atoms with Gasteiger partial charge in [-0.3, -0.25) is 4.79 Å². The third-order valence-corrected chi connectivity index (χ3v) is 4.16. The molecule has 0 fully saturated rings. The zero-order chi connectivity index (χ0) is 14.5. The largest absolute Gasteiger partial charge is 0.324 e. The summed E-state index contributed by atoms with van der Waals surface area (Å²) >= 11 is 1.87. The van der Waals surface area contributed by atoms with E-state index in [0.717, 1.165) is 4.88 Å². The maximum atomic E-state index is 12.2. The van der Waals surface area contributed by atoms with Gasteiger partial charge in [0.25, 0.3) is 5.76 Å². The van der Waals surface area contributed by atoms with Crippen LogP contribution in [0.1, 0.15) is 10.9 Å². The number of anilines is 1. The van der Waals surface area contributed by atoms with Crippen LogP contribution in [0.3, 0.4) is 0 Å². The van der Waals surface area contributed by atoms with Gasteiger partial charge in [0.1, 0.15) is 6.04 Å². The van der Waals surface area contributed by atoms with E-state index in [-0.39, 0.29) is 5.91 Å². The normalized spacial score (nSPS) is 12.4. The fourth-order valence-corrected chi connectivity index (χ4v) is 2.76. The van der Waals surface area contributed by atoms with Crippen LogP contribution in [0, 0.1) is 0 Å². The summed E-state index contributed by atoms with van der Waals surface area (Å²) in [6, 6.07) is 9.09. The molecule has 20 heavy (non-hydrogen) atoms. The number of hydrogen-bond donors (Lipinski definition) is 2. The van der Waals surface area contributed by atoms with Crippen molar-refractivity contribution in [3.05, 3.63) is 46.7 Å². The van der Waals surface area contributed by atoms with Gasteiger partial charge < -0.3 is 11.1 Å². The van der Waals surface area contributed by atoms with Crippen LogP contribution in [-0.2, 0) is 4.79 Å². The predicted octanol–water partition coefficient (Wildman–Crippen LogP) is 3.70. The molecule has 0 spiro atoms. The minimum absolute atomic E-state index is 0.332. The molecule has 1 heterocycles. The second-order valence-electron chi connectivity index (χ2n) is 3.89. The van der Waals surface area contributed by atoms with Gasteiger partial charge in [-0.05, 0) is 35.7 Å². The fraction of sp³-hybridized carbons (Fsp3) is 0.154. The molecule has 1 aromatic carbocycles. The molecule has 0 bridgehead atoms. The van der Waals surface area contributed by atoms with Crippen LogP contribution in [0.4, 0.5) is 14.5 Å². The molecule has 0 saturated heterocycles. The number of amides is 1. The third kappa shape index (κ3) is 4.03. The SMILES string of the molecule is NC(C(=O)Nc1ccc(SC(F)F)cc1)c1cccs1. The average Bonchev–Trinajstić information content (AvgIpc) is 2.93. The van der Waals surface area contributed by atoms with Crippen molar-refractivity contribution in [2.75, 3.05) is 5.32 Å². The minimum Gasteiger partial charge on any atom is -0.324 e. The van der Waals surface area contributed by atoms with E-state index in [4.69, 9.17) is 5.73 Å². The van der Waals surface area contributed by atoms with Gasteiger partial charge in [-0.15, -0.1) is 11.3 Å². The molecule has 2 aromatic rings. The molecule has 3 nitrogen and oxygen atoms in total. The van der Waals surface area contributed by atoms with Gasteiger partial charge in [0.15, 0.2) is 0 Å². The molecular weight excluding hydrogens is 302 g/mol. The Morgan fingerprint density at radius 2 is 1.95 bits per heavy atom. The van der Waals surface area contributed by atoms with Crippen molar-refractivity contribution in [1.29, 1.82) is 0 Å². The van der Waals surface area contributed by atoms with E-state index in [1.54, 1.807) is 18.2 Å². The lowest BCUT2D eigenvalue weighted by molar-refractivity contribution is -0.117. The minimum atomic E-state index is -2.46.